The Bertz CT molecular complexity index is 419. The summed E-state index contributed by atoms with van der Waals surface area (Å²) in [7, 11) is 0. The Morgan fingerprint density at radius 2 is 2.25 bits per heavy atom. The van der Waals surface area contributed by atoms with E-state index < -0.39 is 0 Å². The van der Waals surface area contributed by atoms with Crippen molar-refractivity contribution in [3.8, 4) is 0 Å². The molecule has 0 spiro atoms. The van der Waals surface area contributed by atoms with Gasteiger partial charge in [-0.3, -0.25) is 0 Å². The van der Waals surface area contributed by atoms with Crippen molar-refractivity contribution in [1.29, 1.82) is 0 Å². The number of nitrogens with zero attached hydrogens (tertiary/aromatic N) is 3. The van der Waals surface area contributed by atoms with E-state index in [0.29, 0.717) is 5.92 Å². The van der Waals surface area contributed by atoms with Crippen LogP contribution >= 0.6 is 11.3 Å². The average Bonchev–Trinajstić information content (AvgIpc) is 2.87. The molecule has 2 heterocycles. The summed E-state index contributed by atoms with van der Waals surface area (Å²) >= 11 is 1.67. The van der Waals surface area contributed by atoms with Gasteiger partial charge < -0.3 is 9.88 Å². The van der Waals surface area contributed by atoms with Gasteiger partial charge in [0.15, 0.2) is 0 Å². The minimum absolute atomic E-state index is 0.616. The van der Waals surface area contributed by atoms with Gasteiger partial charge in [-0.2, -0.15) is 0 Å². The summed E-state index contributed by atoms with van der Waals surface area (Å²) < 4.78 is 2.08. The van der Waals surface area contributed by atoms with E-state index in [-0.39, 0.29) is 0 Å². The third-order valence-electron chi connectivity index (χ3n) is 2.17. The molecule has 16 heavy (non-hydrogen) atoms. The molecule has 2 aromatic rings. The summed E-state index contributed by atoms with van der Waals surface area (Å²) in [6, 6.07) is 0. The van der Waals surface area contributed by atoms with Crippen molar-refractivity contribution in [2.24, 2.45) is 5.92 Å². The van der Waals surface area contributed by atoms with E-state index in [1.54, 1.807) is 11.3 Å². The van der Waals surface area contributed by atoms with Gasteiger partial charge in [0.25, 0.3) is 0 Å². The van der Waals surface area contributed by atoms with Crippen molar-refractivity contribution in [3.05, 3.63) is 29.0 Å². The van der Waals surface area contributed by atoms with Gasteiger partial charge in [0.2, 0.25) is 5.95 Å². The summed E-state index contributed by atoms with van der Waals surface area (Å²) in [5, 5.41) is 6.43. The Hall–Kier alpha value is -1.36. The SMILES string of the molecule is CC(C)CNc1nccn1Cc1nccs1. The second-order valence-corrected chi connectivity index (χ2v) is 5.06. The number of nitrogens with one attached hydrogen (secondary N) is 1. The van der Waals surface area contributed by atoms with Crippen LogP contribution in [0.4, 0.5) is 5.95 Å². The molecule has 0 saturated heterocycles. The van der Waals surface area contributed by atoms with E-state index in [4.69, 9.17) is 0 Å². The molecule has 0 saturated carbocycles. The molecule has 0 fully saturated rings. The summed E-state index contributed by atoms with van der Waals surface area (Å²) in [6.45, 7) is 6.09. The maximum absolute atomic E-state index is 4.30. The highest BCUT2D eigenvalue weighted by Crippen LogP contribution is 2.11. The van der Waals surface area contributed by atoms with Gasteiger partial charge >= 0.3 is 0 Å². The van der Waals surface area contributed by atoms with Crippen LogP contribution in [-0.2, 0) is 6.54 Å². The molecule has 0 radical (unpaired) electrons. The Labute approximate surface area is 99.4 Å². The van der Waals surface area contributed by atoms with Gasteiger partial charge in [0, 0.05) is 30.5 Å². The zero-order chi connectivity index (χ0) is 11.4. The van der Waals surface area contributed by atoms with Crippen molar-refractivity contribution in [2.75, 3.05) is 11.9 Å². The first-order valence-corrected chi connectivity index (χ1v) is 6.27. The molecular formula is C11H16N4S. The van der Waals surface area contributed by atoms with Gasteiger partial charge in [0.05, 0.1) is 6.54 Å². The zero-order valence-electron chi connectivity index (χ0n) is 9.55. The van der Waals surface area contributed by atoms with E-state index in [2.05, 4.69) is 33.7 Å². The molecule has 0 aromatic carbocycles. The van der Waals surface area contributed by atoms with Crippen LogP contribution in [-0.4, -0.2) is 21.1 Å². The maximum Gasteiger partial charge on any atom is 0.203 e. The third kappa shape index (κ3) is 2.82. The molecule has 4 nitrogen and oxygen atoms in total. The molecule has 0 unspecified atom stereocenters. The number of anilines is 1. The standard InChI is InChI=1S/C11H16N4S/c1-9(2)7-14-11-13-3-5-15(11)8-10-12-4-6-16-10/h3-6,9H,7-8H2,1-2H3,(H,13,14). The van der Waals surface area contributed by atoms with E-state index in [9.17, 15) is 0 Å². The normalized spacial score (nSPS) is 10.9. The first kappa shape index (κ1) is 11.1. The summed E-state index contributed by atoms with van der Waals surface area (Å²) in [4.78, 5) is 8.57. The number of rotatable bonds is 5. The predicted molar refractivity (Wildman–Crippen MR) is 66.8 cm³/mol. The van der Waals surface area contributed by atoms with E-state index >= 15 is 0 Å². The van der Waals surface area contributed by atoms with Crippen molar-refractivity contribution in [2.45, 2.75) is 20.4 Å². The molecule has 0 amide bonds. The van der Waals surface area contributed by atoms with Gasteiger partial charge in [-0.15, -0.1) is 11.3 Å². The zero-order valence-corrected chi connectivity index (χ0v) is 10.4. The number of hydrogen-bond acceptors (Lipinski definition) is 4. The van der Waals surface area contributed by atoms with E-state index in [1.807, 2.05) is 24.0 Å². The van der Waals surface area contributed by atoms with Crippen LogP contribution in [0.2, 0.25) is 0 Å². The molecule has 0 atom stereocenters. The number of thiazole rings is 1. The minimum atomic E-state index is 0.616. The number of imidazole rings is 1. The van der Waals surface area contributed by atoms with Crippen LogP contribution in [0, 0.1) is 5.92 Å². The lowest BCUT2D eigenvalue weighted by molar-refractivity contribution is 0.676. The molecule has 0 bridgehead atoms. The second-order valence-electron chi connectivity index (χ2n) is 4.08. The average molecular weight is 236 g/mol. The smallest absolute Gasteiger partial charge is 0.203 e. The fourth-order valence-electron chi connectivity index (χ4n) is 1.38. The molecule has 0 aliphatic rings. The fourth-order valence-corrected chi connectivity index (χ4v) is 1.99. The highest BCUT2D eigenvalue weighted by molar-refractivity contribution is 7.09. The summed E-state index contributed by atoms with van der Waals surface area (Å²) in [6.07, 6.45) is 5.62. The lowest BCUT2D eigenvalue weighted by Gasteiger charge is -2.10. The van der Waals surface area contributed by atoms with Crippen LogP contribution in [0.15, 0.2) is 24.0 Å². The van der Waals surface area contributed by atoms with Crippen LogP contribution in [0.25, 0.3) is 0 Å². The number of aromatic nitrogens is 3. The number of hydrogen-bond donors (Lipinski definition) is 1. The second kappa shape index (κ2) is 5.12. The lowest BCUT2D eigenvalue weighted by Crippen LogP contribution is -2.13. The van der Waals surface area contributed by atoms with Gasteiger partial charge in [-0.25, -0.2) is 9.97 Å². The molecule has 0 aliphatic carbocycles. The largest absolute Gasteiger partial charge is 0.355 e. The Morgan fingerprint density at radius 1 is 1.38 bits per heavy atom. The van der Waals surface area contributed by atoms with Gasteiger partial charge in [0.1, 0.15) is 5.01 Å². The molecule has 86 valence electrons. The highest BCUT2D eigenvalue weighted by Gasteiger charge is 2.04. The van der Waals surface area contributed by atoms with Crippen molar-refractivity contribution in [3.63, 3.8) is 0 Å². The van der Waals surface area contributed by atoms with E-state index in [0.717, 1.165) is 24.0 Å². The quantitative estimate of drug-likeness (QED) is 0.867. The molecule has 2 rings (SSSR count). The Morgan fingerprint density at radius 3 is 2.94 bits per heavy atom. The third-order valence-corrected chi connectivity index (χ3v) is 2.94. The van der Waals surface area contributed by atoms with Crippen LogP contribution < -0.4 is 5.32 Å². The van der Waals surface area contributed by atoms with Crippen molar-refractivity contribution >= 4 is 17.3 Å². The molecular weight excluding hydrogens is 220 g/mol. The lowest BCUT2D eigenvalue weighted by atomic mass is 10.2. The Balaban J connectivity index is 2.01. The predicted octanol–water partition coefficient (Wildman–Crippen LogP) is 2.46. The fraction of sp³-hybridized carbons (Fsp3) is 0.455. The van der Waals surface area contributed by atoms with Gasteiger partial charge in [-0.05, 0) is 5.92 Å². The summed E-state index contributed by atoms with van der Waals surface area (Å²) in [5.41, 5.74) is 0. The van der Waals surface area contributed by atoms with Crippen molar-refractivity contribution in [1.82, 2.24) is 14.5 Å². The monoisotopic (exact) mass is 236 g/mol. The first-order valence-electron chi connectivity index (χ1n) is 5.39. The molecule has 1 N–H and O–H groups in total. The molecule has 2 aromatic heterocycles. The van der Waals surface area contributed by atoms with Crippen LogP contribution in [0.1, 0.15) is 18.9 Å². The highest BCUT2D eigenvalue weighted by atomic mass is 32.1. The van der Waals surface area contributed by atoms with Crippen LogP contribution in [0.3, 0.4) is 0 Å². The van der Waals surface area contributed by atoms with Crippen LogP contribution in [0.5, 0.6) is 0 Å². The maximum atomic E-state index is 4.30. The Kier molecular flexibility index (Phi) is 3.56. The van der Waals surface area contributed by atoms with Gasteiger partial charge in [-0.1, -0.05) is 13.8 Å². The molecule has 0 aliphatic heterocycles. The molecule has 5 heteroatoms. The van der Waals surface area contributed by atoms with Crippen molar-refractivity contribution < 1.29 is 0 Å². The topological polar surface area (TPSA) is 42.7 Å². The first-order chi connectivity index (χ1) is 7.75. The van der Waals surface area contributed by atoms with E-state index in [1.165, 1.54) is 0 Å². The minimum Gasteiger partial charge on any atom is -0.355 e. The summed E-state index contributed by atoms with van der Waals surface area (Å²) in [5.74, 6) is 1.54.